The number of benzene rings is 7. The van der Waals surface area contributed by atoms with E-state index >= 15 is 0 Å². The fraction of sp³-hybridized carbons (Fsp3) is 0.0638. The third-order valence-electron chi connectivity index (χ3n) is 10.8. The third kappa shape index (κ3) is 4.11. The van der Waals surface area contributed by atoms with Crippen LogP contribution in [0.3, 0.4) is 0 Å². The lowest BCUT2D eigenvalue weighted by atomic mass is 9.81. The van der Waals surface area contributed by atoms with E-state index in [0.29, 0.717) is 11.1 Å². The molecule has 2 heterocycles. The number of furan rings is 1. The second-order valence-electron chi connectivity index (χ2n) is 14.0. The molecule has 0 aliphatic heterocycles. The maximum absolute atomic E-state index is 10.0. The van der Waals surface area contributed by atoms with Gasteiger partial charge in [0.15, 0.2) is 0 Å². The summed E-state index contributed by atoms with van der Waals surface area (Å²) >= 11 is 0. The van der Waals surface area contributed by atoms with E-state index in [1.54, 1.807) is 6.07 Å². The average Bonchev–Trinajstić information content (AvgIpc) is 3.80. The fourth-order valence-corrected chi connectivity index (χ4v) is 8.53. The number of rotatable bonds is 3. The van der Waals surface area contributed by atoms with Crippen LogP contribution in [0, 0.1) is 22.7 Å². The Kier molecular flexibility index (Phi) is 6.02. The molecule has 0 unspecified atom stereocenters. The van der Waals surface area contributed by atoms with Crippen LogP contribution in [-0.4, -0.2) is 4.57 Å². The van der Waals surface area contributed by atoms with Crippen molar-refractivity contribution < 1.29 is 4.42 Å². The molecule has 0 saturated heterocycles. The number of aromatic nitrogens is 1. The molecule has 0 atom stereocenters. The Morgan fingerprint density at radius 1 is 0.549 bits per heavy atom. The number of nitriles is 2. The topological polar surface area (TPSA) is 65.7 Å². The van der Waals surface area contributed by atoms with Crippen LogP contribution >= 0.6 is 0 Å². The van der Waals surface area contributed by atoms with Crippen LogP contribution in [0.5, 0.6) is 0 Å². The molecule has 0 saturated carbocycles. The largest absolute Gasteiger partial charge is 0.456 e. The number of nitrogens with zero attached hydrogens (tertiary/aromatic N) is 3. The molecule has 0 spiro atoms. The number of fused-ring (bicyclic) bond motifs is 10. The van der Waals surface area contributed by atoms with E-state index in [4.69, 9.17) is 4.42 Å². The molecular weight excluding hydrogens is 623 g/mol. The Morgan fingerprint density at radius 2 is 1.29 bits per heavy atom. The molecule has 7 aromatic carbocycles. The monoisotopic (exact) mass is 651 g/mol. The summed E-state index contributed by atoms with van der Waals surface area (Å²) in [6.45, 7) is 4.69. The van der Waals surface area contributed by atoms with Crippen molar-refractivity contribution in [3.05, 3.63) is 162 Å². The van der Waals surface area contributed by atoms with Crippen molar-refractivity contribution >= 4 is 43.7 Å². The molecule has 51 heavy (non-hydrogen) atoms. The lowest BCUT2D eigenvalue weighted by molar-refractivity contribution is 0.664. The first-order valence-electron chi connectivity index (χ1n) is 17.1. The summed E-state index contributed by atoms with van der Waals surface area (Å²) in [5.74, 6) is 0. The van der Waals surface area contributed by atoms with Gasteiger partial charge in [0.2, 0.25) is 0 Å². The molecular formula is C47H29N3O. The lowest BCUT2D eigenvalue weighted by Crippen LogP contribution is -2.16. The summed E-state index contributed by atoms with van der Waals surface area (Å²) in [6.07, 6.45) is 0. The van der Waals surface area contributed by atoms with Crippen molar-refractivity contribution in [2.75, 3.05) is 0 Å². The van der Waals surface area contributed by atoms with Gasteiger partial charge in [-0.25, -0.2) is 0 Å². The summed E-state index contributed by atoms with van der Waals surface area (Å²) in [6, 6.07) is 52.7. The molecule has 0 N–H and O–H groups in total. The predicted molar refractivity (Wildman–Crippen MR) is 206 cm³/mol. The first-order chi connectivity index (χ1) is 24.9. The molecule has 10 rings (SSSR count). The Labute approximate surface area is 294 Å². The standard InChI is InChI=1S/C47H29N3O/c1-47(2)39-13-5-3-11-34(39)36-18-19-37-35-12-4-6-14-40(35)50(46(37)45(36)47)41-15-8-16-43-44(41)38-25-31(17-20-42(38)51-43)33-23-29(27-49)22-32(24-33)30-10-7-9-28(21-30)26-48/h3-25H,1-2H3. The first-order valence-corrected chi connectivity index (χ1v) is 17.1. The van der Waals surface area contributed by atoms with E-state index in [1.165, 1.54) is 38.5 Å². The molecule has 0 bridgehead atoms. The summed E-state index contributed by atoms with van der Waals surface area (Å²) in [4.78, 5) is 0. The third-order valence-corrected chi connectivity index (χ3v) is 10.8. The summed E-state index contributed by atoms with van der Waals surface area (Å²) in [5.41, 5.74) is 15.0. The lowest BCUT2D eigenvalue weighted by Gasteiger charge is -2.23. The Morgan fingerprint density at radius 3 is 2.14 bits per heavy atom. The van der Waals surface area contributed by atoms with Gasteiger partial charge in [0.1, 0.15) is 11.2 Å². The first kappa shape index (κ1) is 29.1. The van der Waals surface area contributed by atoms with E-state index in [2.05, 4.69) is 122 Å². The van der Waals surface area contributed by atoms with Crippen LogP contribution in [0.2, 0.25) is 0 Å². The highest BCUT2D eigenvalue weighted by Crippen LogP contribution is 2.53. The van der Waals surface area contributed by atoms with Crippen molar-refractivity contribution in [2.24, 2.45) is 0 Å². The minimum absolute atomic E-state index is 0.201. The zero-order valence-corrected chi connectivity index (χ0v) is 28.0. The fourth-order valence-electron chi connectivity index (χ4n) is 8.53. The molecule has 1 aliphatic carbocycles. The SMILES string of the molecule is CC1(C)c2ccccc2-c2ccc3c4ccccc4n(-c4cccc5oc6ccc(-c7cc(C#N)cc(-c8cccc(C#N)c8)c7)cc6c45)c3c21. The van der Waals surface area contributed by atoms with Gasteiger partial charge < -0.3 is 8.98 Å². The number of hydrogen-bond acceptors (Lipinski definition) is 3. The van der Waals surface area contributed by atoms with E-state index in [9.17, 15) is 10.5 Å². The minimum atomic E-state index is -0.201. The van der Waals surface area contributed by atoms with Crippen molar-refractivity contribution in [3.8, 4) is 51.2 Å². The molecule has 9 aromatic rings. The van der Waals surface area contributed by atoms with Gasteiger partial charge in [0.05, 0.1) is 45.4 Å². The number of para-hydroxylation sites is 1. The second kappa shape index (κ2) is 10.6. The van der Waals surface area contributed by atoms with Crippen LogP contribution in [0.15, 0.2) is 144 Å². The average molecular weight is 652 g/mol. The quantitative estimate of drug-likeness (QED) is 0.191. The zero-order chi connectivity index (χ0) is 34.4. The van der Waals surface area contributed by atoms with Crippen molar-refractivity contribution in [2.45, 2.75) is 19.3 Å². The van der Waals surface area contributed by atoms with Crippen LogP contribution in [-0.2, 0) is 5.41 Å². The normalized spacial score (nSPS) is 13.0. The van der Waals surface area contributed by atoms with Gasteiger partial charge in [0.25, 0.3) is 0 Å². The van der Waals surface area contributed by atoms with Gasteiger partial charge in [-0.05, 0) is 105 Å². The predicted octanol–water partition coefficient (Wildman–Crippen LogP) is 12.1. The van der Waals surface area contributed by atoms with Crippen molar-refractivity contribution in [1.29, 1.82) is 10.5 Å². The molecule has 2 aromatic heterocycles. The maximum Gasteiger partial charge on any atom is 0.137 e. The molecule has 4 heteroatoms. The molecule has 0 radical (unpaired) electrons. The summed E-state index contributed by atoms with van der Waals surface area (Å²) in [7, 11) is 0. The van der Waals surface area contributed by atoms with Gasteiger partial charge in [0, 0.05) is 21.6 Å². The van der Waals surface area contributed by atoms with Crippen molar-refractivity contribution in [3.63, 3.8) is 0 Å². The van der Waals surface area contributed by atoms with Crippen LogP contribution in [0.1, 0.15) is 36.1 Å². The Hall–Kier alpha value is -6.88. The van der Waals surface area contributed by atoms with Gasteiger partial charge in [-0.1, -0.05) is 92.7 Å². The minimum Gasteiger partial charge on any atom is -0.456 e. The zero-order valence-electron chi connectivity index (χ0n) is 28.0. The molecule has 0 amide bonds. The van der Waals surface area contributed by atoms with Gasteiger partial charge in [-0.15, -0.1) is 0 Å². The van der Waals surface area contributed by atoms with Crippen LogP contribution < -0.4 is 0 Å². The molecule has 4 nitrogen and oxygen atoms in total. The van der Waals surface area contributed by atoms with Gasteiger partial charge in [-0.3, -0.25) is 0 Å². The smallest absolute Gasteiger partial charge is 0.137 e. The highest BCUT2D eigenvalue weighted by molar-refractivity contribution is 6.17. The molecule has 1 aliphatic rings. The Bertz CT molecular complexity index is 3030. The van der Waals surface area contributed by atoms with E-state index in [1.807, 2.05) is 42.5 Å². The van der Waals surface area contributed by atoms with Gasteiger partial charge in [-0.2, -0.15) is 10.5 Å². The van der Waals surface area contributed by atoms with E-state index in [-0.39, 0.29) is 5.41 Å². The van der Waals surface area contributed by atoms with E-state index < -0.39 is 0 Å². The van der Waals surface area contributed by atoms with Gasteiger partial charge >= 0.3 is 0 Å². The number of hydrogen-bond donors (Lipinski definition) is 0. The summed E-state index contributed by atoms with van der Waals surface area (Å²) in [5, 5.41) is 24.0. The molecule has 0 fully saturated rings. The Balaban J connectivity index is 1.25. The van der Waals surface area contributed by atoms with E-state index in [0.717, 1.165) is 55.4 Å². The highest BCUT2D eigenvalue weighted by atomic mass is 16.3. The van der Waals surface area contributed by atoms with Crippen LogP contribution in [0.25, 0.3) is 82.8 Å². The van der Waals surface area contributed by atoms with Crippen LogP contribution in [0.4, 0.5) is 0 Å². The summed E-state index contributed by atoms with van der Waals surface area (Å²) < 4.78 is 9.01. The molecule has 238 valence electrons. The highest BCUT2D eigenvalue weighted by Gasteiger charge is 2.38. The van der Waals surface area contributed by atoms with Crippen molar-refractivity contribution in [1.82, 2.24) is 4.57 Å². The second-order valence-corrected chi connectivity index (χ2v) is 14.0. The maximum atomic E-state index is 10.0.